The van der Waals surface area contributed by atoms with E-state index in [0.29, 0.717) is 17.5 Å². The number of rotatable bonds is 11. The van der Waals surface area contributed by atoms with Crippen LogP contribution in [-0.2, 0) is 31.4 Å². The number of hydrogen-bond acceptors (Lipinski definition) is 9. The predicted octanol–water partition coefficient (Wildman–Crippen LogP) is 0.185. The minimum atomic E-state index is -3.93. The van der Waals surface area contributed by atoms with Gasteiger partial charge in [-0.3, -0.25) is 4.79 Å². The van der Waals surface area contributed by atoms with Gasteiger partial charge in [0.1, 0.15) is 5.82 Å². The number of benzene rings is 2. The molecule has 38 heavy (non-hydrogen) atoms. The zero-order valence-electron chi connectivity index (χ0n) is 22.4. The number of sulfonamides is 2. The molecule has 14 heteroatoms. The van der Waals surface area contributed by atoms with E-state index < -0.39 is 26.0 Å². The number of hydrogen-bond donors (Lipinski definition) is 4. The first-order valence-electron chi connectivity index (χ1n) is 11.7. The van der Waals surface area contributed by atoms with Crippen molar-refractivity contribution < 1.29 is 52.6 Å². The van der Waals surface area contributed by atoms with Gasteiger partial charge in [-0.15, -0.1) is 0 Å². The van der Waals surface area contributed by atoms with Gasteiger partial charge in [0.15, 0.2) is 0 Å². The molecule has 3 aromatic rings. The normalized spacial score (nSPS) is 13.3. The molecule has 198 valence electrons. The molecular weight excluding hydrogens is 539 g/mol. The van der Waals surface area contributed by atoms with Gasteiger partial charge < -0.3 is 12.1 Å². The van der Waals surface area contributed by atoms with Gasteiger partial charge in [-0.25, -0.2) is 31.3 Å². The largest absolute Gasteiger partial charge is 1.00 e. The summed E-state index contributed by atoms with van der Waals surface area (Å²) < 4.78 is 53.1. The molecule has 0 bridgehead atoms. The summed E-state index contributed by atoms with van der Waals surface area (Å²) in [6, 6.07) is 13.2. The van der Waals surface area contributed by atoms with E-state index in [1.165, 1.54) is 12.1 Å². The third-order valence-corrected chi connectivity index (χ3v) is 8.90. The van der Waals surface area contributed by atoms with Crippen molar-refractivity contribution in [1.82, 2.24) is 19.4 Å². The summed E-state index contributed by atoms with van der Waals surface area (Å²) in [5, 5.41) is 6.01. The molecule has 0 atom stereocenters. The SMILES string of the molecule is CCC(=O)NS(=O)(=O)c1ccc(Nc2ncc(C)c(Nc3ccc(CNS(=O)(=O)C4CC4)cc3)n2)cc1.[H-].[Na+]. The summed E-state index contributed by atoms with van der Waals surface area (Å²) in [5.41, 5.74) is 2.98. The molecule has 2 aromatic carbocycles. The number of carbonyl (C=O) groups is 1. The number of amides is 1. The maximum atomic E-state index is 12.2. The Morgan fingerprint density at radius 2 is 1.58 bits per heavy atom. The topological polar surface area (TPSA) is 159 Å². The predicted molar refractivity (Wildman–Crippen MR) is 142 cm³/mol. The maximum absolute atomic E-state index is 12.2. The standard InChI is InChI=1S/C24H28N6O5S2.Na.H/c1-3-22(31)30-37(34,35)21-10-8-19(9-11-21)28-24-25-14-16(2)23(29-24)27-18-6-4-17(5-7-18)15-26-36(32,33)20-12-13-20;;/h4-11,14,20,26H,3,12-13,15H2,1-2H3,(H,30,31)(H2,25,27,28,29);;/q;+1;-1. The van der Waals surface area contributed by atoms with Crippen LogP contribution >= 0.6 is 0 Å². The van der Waals surface area contributed by atoms with Crippen molar-refractivity contribution in [2.24, 2.45) is 0 Å². The van der Waals surface area contributed by atoms with Gasteiger partial charge in [0.05, 0.1) is 10.1 Å². The fourth-order valence-electron chi connectivity index (χ4n) is 3.28. The first kappa shape index (κ1) is 30.0. The number of nitrogens with one attached hydrogen (secondary N) is 4. The van der Waals surface area contributed by atoms with E-state index in [1.807, 2.05) is 35.9 Å². The summed E-state index contributed by atoms with van der Waals surface area (Å²) in [6.45, 7) is 3.67. The second-order valence-electron chi connectivity index (χ2n) is 8.64. The smallest absolute Gasteiger partial charge is 1.00 e. The summed E-state index contributed by atoms with van der Waals surface area (Å²) in [5.74, 6) is 0.290. The van der Waals surface area contributed by atoms with Crippen molar-refractivity contribution in [3.8, 4) is 0 Å². The van der Waals surface area contributed by atoms with Gasteiger partial charge in [0.2, 0.25) is 21.9 Å². The Bertz CT molecular complexity index is 1500. The Labute approximate surface area is 246 Å². The Kier molecular flexibility index (Phi) is 9.90. The molecule has 4 N–H and O–H groups in total. The van der Waals surface area contributed by atoms with Crippen molar-refractivity contribution >= 4 is 49.1 Å². The second kappa shape index (κ2) is 12.5. The van der Waals surface area contributed by atoms with E-state index in [2.05, 4.69) is 25.3 Å². The van der Waals surface area contributed by atoms with E-state index in [-0.39, 0.29) is 54.1 Å². The van der Waals surface area contributed by atoms with Gasteiger partial charge >= 0.3 is 29.6 Å². The van der Waals surface area contributed by atoms with Crippen LogP contribution < -0.4 is 49.6 Å². The first-order valence-corrected chi connectivity index (χ1v) is 14.7. The number of carbonyl (C=O) groups excluding carboxylic acids is 1. The van der Waals surface area contributed by atoms with Gasteiger partial charge in [0, 0.05) is 36.1 Å². The number of anilines is 4. The summed E-state index contributed by atoms with van der Waals surface area (Å²) in [4.78, 5) is 20.2. The molecule has 1 fully saturated rings. The first-order chi connectivity index (χ1) is 17.6. The van der Waals surface area contributed by atoms with Crippen LogP contribution in [0.15, 0.2) is 59.6 Å². The van der Waals surface area contributed by atoms with Gasteiger partial charge in [0.25, 0.3) is 10.0 Å². The number of nitrogens with zero attached hydrogens (tertiary/aromatic N) is 2. The van der Waals surface area contributed by atoms with E-state index in [1.54, 1.807) is 25.3 Å². The molecule has 1 amide bonds. The summed E-state index contributed by atoms with van der Waals surface area (Å²) >= 11 is 0. The van der Waals surface area contributed by atoms with E-state index >= 15 is 0 Å². The van der Waals surface area contributed by atoms with Crippen LogP contribution in [0.5, 0.6) is 0 Å². The van der Waals surface area contributed by atoms with Crippen LogP contribution in [0.2, 0.25) is 0 Å². The zero-order chi connectivity index (χ0) is 26.6. The molecular formula is C24H29N6NaO5S2. The fourth-order valence-corrected chi connectivity index (χ4v) is 5.70. The average molecular weight is 569 g/mol. The molecule has 0 aliphatic heterocycles. The third-order valence-electron chi connectivity index (χ3n) is 5.62. The van der Waals surface area contributed by atoms with Gasteiger partial charge in [-0.1, -0.05) is 19.1 Å². The van der Waals surface area contributed by atoms with Crippen LogP contribution in [0.4, 0.5) is 23.1 Å². The molecule has 1 saturated carbocycles. The molecule has 1 aliphatic carbocycles. The molecule has 4 rings (SSSR count). The Balaban J connectivity index is 0.00000267. The minimum Gasteiger partial charge on any atom is -1.00 e. The van der Waals surface area contributed by atoms with Crippen molar-refractivity contribution in [2.45, 2.75) is 49.8 Å². The van der Waals surface area contributed by atoms with Gasteiger partial charge in [-0.05, 0) is 61.7 Å². The van der Waals surface area contributed by atoms with Crippen LogP contribution in [-0.4, -0.2) is 38.0 Å². The average Bonchev–Trinajstić information content (AvgIpc) is 3.72. The van der Waals surface area contributed by atoms with Crippen molar-refractivity contribution in [1.29, 1.82) is 0 Å². The Morgan fingerprint density at radius 3 is 2.18 bits per heavy atom. The van der Waals surface area contributed by atoms with Crippen LogP contribution in [0, 0.1) is 6.92 Å². The number of aromatic nitrogens is 2. The molecule has 1 aromatic heterocycles. The molecule has 0 saturated heterocycles. The fraction of sp³-hybridized carbons (Fsp3) is 0.292. The molecule has 1 heterocycles. The van der Waals surface area contributed by atoms with Crippen LogP contribution in [0.25, 0.3) is 0 Å². The van der Waals surface area contributed by atoms with E-state index in [0.717, 1.165) is 29.7 Å². The maximum Gasteiger partial charge on any atom is 1.00 e. The molecule has 0 radical (unpaired) electrons. The Hall–Kier alpha value is -2.55. The minimum absolute atomic E-state index is 0. The molecule has 0 spiro atoms. The van der Waals surface area contributed by atoms with E-state index in [4.69, 9.17) is 0 Å². The quantitative estimate of drug-likeness (QED) is 0.237. The van der Waals surface area contributed by atoms with E-state index in [9.17, 15) is 21.6 Å². The van der Waals surface area contributed by atoms with Crippen molar-refractivity contribution in [3.63, 3.8) is 0 Å². The summed E-state index contributed by atoms with van der Waals surface area (Å²) in [7, 11) is -7.16. The van der Waals surface area contributed by atoms with Crippen LogP contribution in [0.3, 0.4) is 0 Å². The van der Waals surface area contributed by atoms with Crippen molar-refractivity contribution in [2.75, 3.05) is 10.6 Å². The second-order valence-corrected chi connectivity index (χ2v) is 12.4. The third kappa shape index (κ3) is 7.98. The van der Waals surface area contributed by atoms with Gasteiger partial charge in [-0.2, -0.15) is 4.98 Å². The monoisotopic (exact) mass is 568 g/mol. The van der Waals surface area contributed by atoms with Crippen LogP contribution in [0.1, 0.15) is 38.7 Å². The zero-order valence-corrected chi connectivity index (χ0v) is 25.0. The number of aryl methyl sites for hydroxylation is 1. The Morgan fingerprint density at radius 1 is 0.974 bits per heavy atom. The molecule has 0 unspecified atom stereocenters. The molecule has 1 aliphatic rings. The van der Waals surface area contributed by atoms with Crippen molar-refractivity contribution in [3.05, 3.63) is 65.9 Å². The molecule has 11 nitrogen and oxygen atoms in total. The summed E-state index contributed by atoms with van der Waals surface area (Å²) in [6.07, 6.45) is 3.16.